The molecule has 3 amide bonds. The fraction of sp³-hybridized carbons (Fsp3) is 0.579. The molecule has 2 aromatic carbocycles. The van der Waals surface area contributed by atoms with Crippen molar-refractivity contribution in [2.45, 2.75) is 130 Å². The number of carboxylic acids is 1. The van der Waals surface area contributed by atoms with Gasteiger partial charge in [-0.25, -0.2) is 14.4 Å². The van der Waals surface area contributed by atoms with Gasteiger partial charge in [-0.2, -0.15) is 0 Å². The highest BCUT2D eigenvalue weighted by molar-refractivity contribution is 5.86. The summed E-state index contributed by atoms with van der Waals surface area (Å²) in [4.78, 5) is 50.4. The van der Waals surface area contributed by atoms with Crippen molar-refractivity contribution >= 4 is 24.1 Å². The Labute approximate surface area is 297 Å². The number of rotatable bonds is 16. The SMILES string of the molecule is CC(C)(C)OC(=O)N[C@H](Cc1ccc(O)cc1)C(=O)O.CCCCCN(CCCCC)C(=O)[C@@H](Cc1ccc(O)cc1)NC(=O)OC(C)(C)C. The predicted octanol–water partition coefficient (Wildman–Crippen LogP) is 6.95. The lowest BCUT2D eigenvalue weighted by molar-refractivity contribution is -0.139. The number of carboxylic acid groups (broad SMARTS) is 1. The highest BCUT2D eigenvalue weighted by atomic mass is 16.6. The van der Waals surface area contributed by atoms with Crippen LogP contribution in [-0.2, 0) is 31.9 Å². The summed E-state index contributed by atoms with van der Waals surface area (Å²) in [5, 5.41) is 32.9. The van der Waals surface area contributed by atoms with E-state index in [9.17, 15) is 24.3 Å². The number of aliphatic carboxylic acids is 1. The van der Waals surface area contributed by atoms with Crippen LogP contribution >= 0.6 is 0 Å². The van der Waals surface area contributed by atoms with Crippen molar-refractivity contribution in [3.05, 3.63) is 59.7 Å². The third kappa shape index (κ3) is 19.5. The molecule has 0 saturated carbocycles. The maximum Gasteiger partial charge on any atom is 0.408 e. The molecule has 0 fully saturated rings. The molecule has 2 atom stereocenters. The second-order valence-corrected chi connectivity index (χ2v) is 14.2. The van der Waals surface area contributed by atoms with Gasteiger partial charge < -0.3 is 40.3 Å². The third-order valence-corrected chi connectivity index (χ3v) is 7.11. The van der Waals surface area contributed by atoms with E-state index < -0.39 is 41.4 Å². The van der Waals surface area contributed by atoms with E-state index in [-0.39, 0.29) is 23.8 Å². The Kier molecular flexibility index (Phi) is 18.8. The standard InChI is InChI=1S/C24H40N2O4.C14H19NO5/c1-6-8-10-16-26(17-11-9-7-2)22(28)21(25-23(29)30-24(3,4)5)18-19-12-14-20(27)15-13-19;1-14(2,3)20-13(19)15-11(12(17)18)8-9-4-6-10(16)7-5-9/h12-15,21,27H,6-11,16-18H2,1-5H3,(H,25,29);4-7,11,16H,8H2,1-3H3,(H,15,19)(H,17,18)/t21-;11-/m11/s1. The topological polar surface area (TPSA) is 175 Å². The molecule has 50 heavy (non-hydrogen) atoms. The number of hydrogen-bond acceptors (Lipinski definition) is 8. The Bertz CT molecular complexity index is 1310. The third-order valence-electron chi connectivity index (χ3n) is 7.11. The average Bonchev–Trinajstić information content (AvgIpc) is 3.00. The van der Waals surface area contributed by atoms with Gasteiger partial charge in [0.15, 0.2) is 0 Å². The fourth-order valence-electron chi connectivity index (χ4n) is 4.69. The highest BCUT2D eigenvalue weighted by Crippen LogP contribution is 2.16. The summed E-state index contributed by atoms with van der Waals surface area (Å²) in [7, 11) is 0. The lowest BCUT2D eigenvalue weighted by Crippen LogP contribution is -2.51. The quantitative estimate of drug-likeness (QED) is 0.116. The van der Waals surface area contributed by atoms with Gasteiger partial charge in [-0.3, -0.25) is 4.79 Å². The number of nitrogens with one attached hydrogen (secondary N) is 2. The van der Waals surface area contributed by atoms with E-state index in [2.05, 4.69) is 24.5 Å². The van der Waals surface area contributed by atoms with Crippen molar-refractivity contribution in [1.82, 2.24) is 15.5 Å². The normalized spacial score (nSPS) is 12.4. The van der Waals surface area contributed by atoms with Crippen LogP contribution in [0.5, 0.6) is 11.5 Å². The number of alkyl carbamates (subject to hydrolysis) is 2. The lowest BCUT2D eigenvalue weighted by Gasteiger charge is -2.29. The monoisotopic (exact) mass is 701 g/mol. The zero-order valence-electron chi connectivity index (χ0n) is 31.1. The molecule has 280 valence electrons. The van der Waals surface area contributed by atoms with E-state index in [0.717, 1.165) is 44.1 Å². The molecular weight excluding hydrogens is 642 g/mol. The Balaban J connectivity index is 0.000000542. The second kappa shape index (κ2) is 21.6. The van der Waals surface area contributed by atoms with Gasteiger partial charge in [0.05, 0.1) is 0 Å². The van der Waals surface area contributed by atoms with E-state index >= 15 is 0 Å². The van der Waals surface area contributed by atoms with E-state index in [1.807, 2.05) is 4.90 Å². The first-order chi connectivity index (χ1) is 23.3. The van der Waals surface area contributed by atoms with Gasteiger partial charge in [0.25, 0.3) is 0 Å². The van der Waals surface area contributed by atoms with Crippen LogP contribution in [0.1, 0.15) is 105 Å². The maximum atomic E-state index is 13.4. The predicted molar refractivity (Wildman–Crippen MR) is 193 cm³/mol. The maximum absolute atomic E-state index is 13.4. The molecule has 0 aliphatic heterocycles. The highest BCUT2D eigenvalue weighted by Gasteiger charge is 2.28. The Morgan fingerprint density at radius 1 is 0.640 bits per heavy atom. The first kappa shape index (κ1) is 43.5. The van der Waals surface area contributed by atoms with Crippen molar-refractivity contribution in [1.29, 1.82) is 0 Å². The zero-order chi connectivity index (χ0) is 37.9. The number of phenols is 2. The van der Waals surface area contributed by atoms with Gasteiger partial charge in [0, 0.05) is 25.9 Å². The Morgan fingerprint density at radius 2 is 1.00 bits per heavy atom. The van der Waals surface area contributed by atoms with Gasteiger partial charge in [-0.15, -0.1) is 0 Å². The largest absolute Gasteiger partial charge is 0.508 e. The van der Waals surface area contributed by atoms with Crippen LogP contribution in [0.15, 0.2) is 48.5 Å². The van der Waals surface area contributed by atoms with Crippen molar-refractivity contribution in [2.75, 3.05) is 13.1 Å². The van der Waals surface area contributed by atoms with Gasteiger partial charge in [0.2, 0.25) is 5.91 Å². The zero-order valence-corrected chi connectivity index (χ0v) is 31.1. The molecule has 0 aliphatic carbocycles. The van der Waals surface area contributed by atoms with Crippen LogP contribution < -0.4 is 10.6 Å². The number of hydrogen-bond donors (Lipinski definition) is 5. The fourth-order valence-corrected chi connectivity index (χ4v) is 4.69. The number of phenolic OH excluding ortho intramolecular Hbond substituents is 2. The molecule has 0 aromatic heterocycles. The van der Waals surface area contributed by atoms with Crippen molar-refractivity contribution in [3.63, 3.8) is 0 Å². The summed E-state index contributed by atoms with van der Waals surface area (Å²) in [6, 6.07) is 11.0. The Hall–Kier alpha value is -4.48. The first-order valence-electron chi connectivity index (χ1n) is 17.4. The van der Waals surface area contributed by atoms with Crippen LogP contribution in [0, 0.1) is 0 Å². The van der Waals surface area contributed by atoms with Crippen LogP contribution in [0.2, 0.25) is 0 Å². The minimum absolute atomic E-state index is 0.0823. The van der Waals surface area contributed by atoms with Crippen molar-refractivity contribution in [2.24, 2.45) is 0 Å². The molecule has 2 rings (SSSR count). The summed E-state index contributed by atoms with van der Waals surface area (Å²) >= 11 is 0. The molecule has 0 heterocycles. The summed E-state index contributed by atoms with van der Waals surface area (Å²) in [6.45, 7) is 16.1. The number of ether oxygens (including phenoxy) is 2. The number of benzene rings is 2. The smallest absolute Gasteiger partial charge is 0.408 e. The average molecular weight is 702 g/mol. The number of nitrogens with zero attached hydrogens (tertiary/aromatic N) is 1. The van der Waals surface area contributed by atoms with Crippen molar-refractivity contribution < 1.29 is 44.0 Å². The van der Waals surface area contributed by atoms with Crippen LogP contribution in [0.3, 0.4) is 0 Å². The summed E-state index contributed by atoms with van der Waals surface area (Å²) < 4.78 is 10.4. The number of carbonyl (C=O) groups excluding carboxylic acids is 3. The molecular formula is C38H59N3O9. The van der Waals surface area contributed by atoms with Gasteiger partial charge in [-0.05, 0) is 89.8 Å². The van der Waals surface area contributed by atoms with E-state index in [0.29, 0.717) is 25.1 Å². The molecule has 2 aromatic rings. The summed E-state index contributed by atoms with van der Waals surface area (Å²) in [5.41, 5.74) is 0.222. The molecule has 12 nitrogen and oxygen atoms in total. The van der Waals surface area contributed by atoms with Gasteiger partial charge in [0.1, 0.15) is 34.8 Å². The van der Waals surface area contributed by atoms with E-state index in [1.54, 1.807) is 77.9 Å². The number of unbranched alkanes of at least 4 members (excludes halogenated alkanes) is 4. The number of carbonyl (C=O) groups is 4. The lowest BCUT2D eigenvalue weighted by atomic mass is 10.0. The minimum atomic E-state index is -1.15. The van der Waals surface area contributed by atoms with E-state index in [1.165, 1.54) is 12.1 Å². The summed E-state index contributed by atoms with van der Waals surface area (Å²) in [5.74, 6) is -0.965. The van der Waals surface area contributed by atoms with Gasteiger partial charge in [-0.1, -0.05) is 63.8 Å². The second-order valence-electron chi connectivity index (χ2n) is 14.2. The first-order valence-corrected chi connectivity index (χ1v) is 17.4. The van der Waals surface area contributed by atoms with Crippen LogP contribution in [0.25, 0.3) is 0 Å². The van der Waals surface area contributed by atoms with Gasteiger partial charge >= 0.3 is 18.2 Å². The van der Waals surface area contributed by atoms with Crippen LogP contribution in [0.4, 0.5) is 9.59 Å². The number of aromatic hydroxyl groups is 2. The molecule has 0 bridgehead atoms. The molecule has 12 heteroatoms. The van der Waals surface area contributed by atoms with E-state index in [4.69, 9.17) is 19.7 Å². The van der Waals surface area contributed by atoms with Crippen molar-refractivity contribution in [3.8, 4) is 11.5 Å². The molecule has 0 aliphatic rings. The molecule has 0 saturated heterocycles. The summed E-state index contributed by atoms with van der Waals surface area (Å²) in [6.07, 6.45) is 5.29. The number of amides is 3. The minimum Gasteiger partial charge on any atom is -0.508 e. The molecule has 0 spiro atoms. The molecule has 0 unspecified atom stereocenters. The Morgan fingerprint density at radius 3 is 1.34 bits per heavy atom. The molecule has 5 N–H and O–H groups in total. The van der Waals surface area contributed by atoms with Crippen LogP contribution in [-0.4, -0.2) is 80.7 Å². The molecule has 0 radical (unpaired) electrons.